The van der Waals surface area contributed by atoms with E-state index in [0.29, 0.717) is 34.9 Å². The maximum atomic E-state index is 5.47. The number of methoxy groups -OCH3 is 3. The molecular formula is C18H25N5O3. The SMILES string of the molecule is COc1ncc(-c2cnc(N[C@H]3CC[C@H](C)CC3)nc2OC)c(OC)n1. The van der Waals surface area contributed by atoms with Gasteiger partial charge in [0.25, 0.3) is 0 Å². The number of hydrogen-bond donors (Lipinski definition) is 1. The highest BCUT2D eigenvalue weighted by Crippen LogP contribution is 2.34. The van der Waals surface area contributed by atoms with Crippen LogP contribution in [-0.2, 0) is 0 Å². The first kappa shape index (κ1) is 18.2. The van der Waals surface area contributed by atoms with Gasteiger partial charge in [-0.1, -0.05) is 6.92 Å². The number of aromatic nitrogens is 4. The van der Waals surface area contributed by atoms with E-state index in [0.717, 1.165) is 18.8 Å². The average molecular weight is 359 g/mol. The Labute approximate surface area is 153 Å². The van der Waals surface area contributed by atoms with E-state index >= 15 is 0 Å². The van der Waals surface area contributed by atoms with Gasteiger partial charge in [0, 0.05) is 18.4 Å². The summed E-state index contributed by atoms with van der Waals surface area (Å²) in [7, 11) is 4.62. The molecule has 2 heterocycles. The lowest BCUT2D eigenvalue weighted by molar-refractivity contribution is 0.352. The molecule has 0 aliphatic heterocycles. The van der Waals surface area contributed by atoms with Gasteiger partial charge in [-0.15, -0.1) is 0 Å². The van der Waals surface area contributed by atoms with E-state index in [1.165, 1.54) is 20.0 Å². The van der Waals surface area contributed by atoms with Crippen LogP contribution in [0.15, 0.2) is 12.4 Å². The van der Waals surface area contributed by atoms with Crippen molar-refractivity contribution in [1.82, 2.24) is 19.9 Å². The number of rotatable bonds is 6. The molecule has 0 atom stereocenters. The molecule has 0 saturated heterocycles. The van der Waals surface area contributed by atoms with Crippen molar-refractivity contribution in [3.8, 4) is 28.9 Å². The van der Waals surface area contributed by atoms with E-state index < -0.39 is 0 Å². The fraction of sp³-hybridized carbons (Fsp3) is 0.556. The van der Waals surface area contributed by atoms with Gasteiger partial charge in [-0.3, -0.25) is 0 Å². The Bertz CT molecular complexity index is 748. The quantitative estimate of drug-likeness (QED) is 0.842. The molecule has 8 nitrogen and oxygen atoms in total. The molecule has 0 aromatic carbocycles. The van der Waals surface area contributed by atoms with Crippen LogP contribution in [-0.4, -0.2) is 47.3 Å². The summed E-state index contributed by atoms with van der Waals surface area (Å²) >= 11 is 0. The maximum absolute atomic E-state index is 5.47. The van der Waals surface area contributed by atoms with Gasteiger partial charge in [0.2, 0.25) is 17.7 Å². The zero-order chi connectivity index (χ0) is 18.5. The molecule has 1 fully saturated rings. The summed E-state index contributed by atoms with van der Waals surface area (Å²) in [5.41, 5.74) is 1.30. The van der Waals surface area contributed by atoms with Crippen LogP contribution in [0.1, 0.15) is 32.6 Å². The summed E-state index contributed by atoms with van der Waals surface area (Å²) in [6.45, 7) is 2.30. The summed E-state index contributed by atoms with van der Waals surface area (Å²) in [5.74, 6) is 2.19. The van der Waals surface area contributed by atoms with Crippen molar-refractivity contribution < 1.29 is 14.2 Å². The van der Waals surface area contributed by atoms with Crippen molar-refractivity contribution in [3.05, 3.63) is 12.4 Å². The van der Waals surface area contributed by atoms with Gasteiger partial charge in [-0.05, 0) is 31.6 Å². The maximum Gasteiger partial charge on any atom is 0.319 e. The second-order valence-corrected chi connectivity index (χ2v) is 6.50. The van der Waals surface area contributed by atoms with Gasteiger partial charge >= 0.3 is 6.01 Å². The van der Waals surface area contributed by atoms with Crippen LogP contribution < -0.4 is 19.5 Å². The van der Waals surface area contributed by atoms with Crippen molar-refractivity contribution in [2.45, 2.75) is 38.6 Å². The van der Waals surface area contributed by atoms with Gasteiger partial charge in [0.1, 0.15) is 0 Å². The largest absolute Gasteiger partial charge is 0.480 e. The van der Waals surface area contributed by atoms with Crippen molar-refractivity contribution in [2.75, 3.05) is 26.6 Å². The molecule has 1 N–H and O–H groups in total. The monoisotopic (exact) mass is 359 g/mol. The number of nitrogens with one attached hydrogen (secondary N) is 1. The fourth-order valence-corrected chi connectivity index (χ4v) is 3.15. The highest BCUT2D eigenvalue weighted by atomic mass is 16.5. The van der Waals surface area contributed by atoms with Crippen LogP contribution in [0.25, 0.3) is 11.1 Å². The Morgan fingerprint density at radius 3 is 2.08 bits per heavy atom. The minimum absolute atomic E-state index is 0.232. The molecule has 0 radical (unpaired) electrons. The minimum atomic E-state index is 0.232. The molecule has 140 valence electrons. The first-order valence-corrected chi connectivity index (χ1v) is 8.77. The second kappa shape index (κ2) is 8.16. The Balaban J connectivity index is 1.85. The zero-order valence-electron chi connectivity index (χ0n) is 15.7. The molecule has 1 aliphatic carbocycles. The number of ether oxygens (including phenoxy) is 3. The van der Waals surface area contributed by atoms with Crippen molar-refractivity contribution in [2.24, 2.45) is 5.92 Å². The van der Waals surface area contributed by atoms with E-state index in [1.807, 2.05) is 0 Å². The highest BCUT2D eigenvalue weighted by molar-refractivity contribution is 5.72. The topological polar surface area (TPSA) is 91.3 Å². The third kappa shape index (κ3) is 3.95. The van der Waals surface area contributed by atoms with E-state index in [1.54, 1.807) is 26.6 Å². The molecule has 0 amide bonds. The molecule has 2 aromatic heterocycles. The minimum Gasteiger partial charge on any atom is -0.480 e. The van der Waals surface area contributed by atoms with Crippen LogP contribution in [0.4, 0.5) is 5.95 Å². The molecule has 26 heavy (non-hydrogen) atoms. The first-order valence-electron chi connectivity index (χ1n) is 8.77. The summed E-state index contributed by atoms with van der Waals surface area (Å²) in [6.07, 6.45) is 8.04. The third-order valence-corrected chi connectivity index (χ3v) is 4.69. The zero-order valence-corrected chi connectivity index (χ0v) is 15.7. The Hall–Kier alpha value is -2.64. The number of anilines is 1. The summed E-state index contributed by atoms with van der Waals surface area (Å²) in [5, 5.41) is 3.42. The Morgan fingerprint density at radius 2 is 1.46 bits per heavy atom. The van der Waals surface area contributed by atoms with E-state index in [4.69, 9.17) is 14.2 Å². The Kier molecular flexibility index (Phi) is 5.70. The van der Waals surface area contributed by atoms with E-state index in [9.17, 15) is 0 Å². The Morgan fingerprint density at radius 1 is 0.846 bits per heavy atom. The average Bonchev–Trinajstić information content (AvgIpc) is 2.69. The van der Waals surface area contributed by atoms with Gasteiger partial charge in [0.15, 0.2) is 0 Å². The van der Waals surface area contributed by atoms with Gasteiger partial charge in [-0.25, -0.2) is 9.97 Å². The molecule has 2 aromatic rings. The van der Waals surface area contributed by atoms with Crippen LogP contribution in [0.2, 0.25) is 0 Å². The second-order valence-electron chi connectivity index (χ2n) is 6.50. The highest BCUT2D eigenvalue weighted by Gasteiger charge is 2.21. The summed E-state index contributed by atoms with van der Waals surface area (Å²) in [6, 6.07) is 0.635. The van der Waals surface area contributed by atoms with Crippen LogP contribution >= 0.6 is 0 Å². The van der Waals surface area contributed by atoms with Gasteiger partial charge < -0.3 is 19.5 Å². The summed E-state index contributed by atoms with van der Waals surface area (Å²) in [4.78, 5) is 17.3. The van der Waals surface area contributed by atoms with Gasteiger partial charge in [-0.2, -0.15) is 9.97 Å². The number of nitrogens with zero attached hydrogens (tertiary/aromatic N) is 4. The molecule has 1 aliphatic rings. The molecule has 3 rings (SSSR count). The number of hydrogen-bond acceptors (Lipinski definition) is 8. The van der Waals surface area contributed by atoms with E-state index in [-0.39, 0.29) is 6.01 Å². The van der Waals surface area contributed by atoms with Crippen LogP contribution in [0.3, 0.4) is 0 Å². The predicted molar refractivity (Wildman–Crippen MR) is 97.8 cm³/mol. The van der Waals surface area contributed by atoms with Crippen molar-refractivity contribution >= 4 is 5.95 Å². The fourth-order valence-electron chi connectivity index (χ4n) is 3.15. The van der Waals surface area contributed by atoms with E-state index in [2.05, 4.69) is 32.2 Å². The summed E-state index contributed by atoms with van der Waals surface area (Å²) < 4.78 is 15.9. The molecular weight excluding hydrogens is 334 g/mol. The molecule has 8 heteroatoms. The lowest BCUT2D eigenvalue weighted by Crippen LogP contribution is -2.26. The molecule has 0 bridgehead atoms. The van der Waals surface area contributed by atoms with Crippen LogP contribution in [0, 0.1) is 5.92 Å². The first-order chi connectivity index (χ1) is 12.6. The predicted octanol–water partition coefficient (Wildman–Crippen LogP) is 2.95. The van der Waals surface area contributed by atoms with Crippen LogP contribution in [0.5, 0.6) is 17.8 Å². The molecule has 0 spiro atoms. The third-order valence-electron chi connectivity index (χ3n) is 4.69. The normalized spacial score (nSPS) is 19.7. The smallest absolute Gasteiger partial charge is 0.319 e. The lowest BCUT2D eigenvalue weighted by atomic mass is 9.87. The van der Waals surface area contributed by atoms with Crippen molar-refractivity contribution in [1.29, 1.82) is 0 Å². The van der Waals surface area contributed by atoms with Crippen molar-refractivity contribution in [3.63, 3.8) is 0 Å². The van der Waals surface area contributed by atoms with Gasteiger partial charge in [0.05, 0.1) is 32.5 Å². The lowest BCUT2D eigenvalue weighted by Gasteiger charge is -2.27. The molecule has 1 saturated carbocycles. The standard InChI is InChI=1S/C18H25N5O3/c1-11-5-7-12(8-6-11)21-17-19-9-13(15(22-17)24-2)14-10-20-18(26-4)23-16(14)25-3/h9-12H,5-8H2,1-4H3,(H,19,21,22)/t11-,12-. The molecule has 0 unspecified atom stereocenters.